The molecule has 0 fully saturated rings. The lowest BCUT2D eigenvalue weighted by Crippen LogP contribution is -1.97. The number of fused-ring (bicyclic) bond motifs is 1. The first-order valence-electron chi connectivity index (χ1n) is 5.99. The molecule has 0 atom stereocenters. The minimum absolute atomic E-state index is 0.0303. The van der Waals surface area contributed by atoms with Gasteiger partial charge in [0.15, 0.2) is 4.96 Å². The zero-order valence-electron chi connectivity index (χ0n) is 10.7. The van der Waals surface area contributed by atoms with Crippen LogP contribution < -0.4 is 4.74 Å². The quantitative estimate of drug-likeness (QED) is 0.801. The number of carboxylic acids is 1. The van der Waals surface area contributed by atoms with E-state index >= 15 is 0 Å². The minimum atomic E-state index is -0.831. The van der Waals surface area contributed by atoms with Gasteiger partial charge in [0.25, 0.3) is 0 Å². The van der Waals surface area contributed by atoms with Gasteiger partial charge in [0.05, 0.1) is 19.2 Å². The smallest absolute Gasteiger partial charge is 0.308 e. The zero-order chi connectivity index (χ0) is 14.1. The molecule has 0 saturated heterocycles. The second-order valence-corrected chi connectivity index (χ2v) is 5.41. The van der Waals surface area contributed by atoms with Crippen molar-refractivity contribution in [2.75, 3.05) is 7.11 Å². The topological polar surface area (TPSA) is 63.8 Å². The Kier molecular flexibility index (Phi) is 3.15. The molecule has 1 N–H and O–H groups in total. The Hall–Kier alpha value is -2.34. The van der Waals surface area contributed by atoms with Gasteiger partial charge >= 0.3 is 5.97 Å². The van der Waals surface area contributed by atoms with Crippen molar-refractivity contribution in [3.8, 4) is 17.0 Å². The number of imidazole rings is 1. The van der Waals surface area contributed by atoms with Crippen molar-refractivity contribution in [2.45, 2.75) is 6.42 Å². The molecule has 0 saturated carbocycles. The van der Waals surface area contributed by atoms with E-state index in [2.05, 4.69) is 4.98 Å². The number of hydrogen-bond acceptors (Lipinski definition) is 4. The largest absolute Gasteiger partial charge is 0.497 e. The molecule has 6 heteroatoms. The average Bonchev–Trinajstić information content (AvgIpc) is 2.96. The Morgan fingerprint density at radius 1 is 1.45 bits per heavy atom. The molecule has 0 bridgehead atoms. The number of thiazole rings is 1. The first-order valence-corrected chi connectivity index (χ1v) is 6.81. The van der Waals surface area contributed by atoms with Crippen molar-refractivity contribution in [3.63, 3.8) is 0 Å². The standard InChI is InChI=1S/C14H12N2O3S/c1-19-10-4-2-3-9(5-10)12-8-16-7-11(6-13(17)18)20-14(16)15-12/h2-5,7-8H,6H2,1H3,(H,17,18). The summed E-state index contributed by atoms with van der Waals surface area (Å²) in [6.07, 6.45) is 3.74. The first-order chi connectivity index (χ1) is 9.65. The van der Waals surface area contributed by atoms with Gasteiger partial charge in [-0.25, -0.2) is 4.98 Å². The summed E-state index contributed by atoms with van der Waals surface area (Å²) in [5, 5.41) is 8.78. The summed E-state index contributed by atoms with van der Waals surface area (Å²) < 4.78 is 7.06. The van der Waals surface area contributed by atoms with Gasteiger partial charge in [-0.15, -0.1) is 11.3 Å². The van der Waals surface area contributed by atoms with Gasteiger partial charge in [0, 0.05) is 22.8 Å². The normalized spacial score (nSPS) is 10.8. The van der Waals surface area contributed by atoms with Crippen LogP contribution in [0.25, 0.3) is 16.2 Å². The summed E-state index contributed by atoms with van der Waals surface area (Å²) in [6, 6.07) is 7.68. The fourth-order valence-corrected chi connectivity index (χ4v) is 2.95. The van der Waals surface area contributed by atoms with E-state index in [1.807, 2.05) is 41.1 Å². The maximum Gasteiger partial charge on any atom is 0.308 e. The first kappa shape index (κ1) is 12.7. The number of aliphatic carboxylic acids is 1. The summed E-state index contributed by atoms with van der Waals surface area (Å²) in [5.41, 5.74) is 1.82. The van der Waals surface area contributed by atoms with Crippen LogP contribution in [-0.2, 0) is 11.2 Å². The molecule has 0 aliphatic heterocycles. The van der Waals surface area contributed by atoms with Crippen molar-refractivity contribution in [3.05, 3.63) is 41.5 Å². The molecule has 20 heavy (non-hydrogen) atoms. The maximum absolute atomic E-state index is 10.7. The summed E-state index contributed by atoms with van der Waals surface area (Å²) >= 11 is 1.39. The van der Waals surface area contributed by atoms with Crippen molar-refractivity contribution in [2.24, 2.45) is 0 Å². The molecular weight excluding hydrogens is 276 g/mol. The lowest BCUT2D eigenvalue weighted by atomic mass is 10.1. The fourth-order valence-electron chi connectivity index (χ4n) is 2.00. The Balaban J connectivity index is 1.96. The van der Waals surface area contributed by atoms with Crippen LogP contribution in [0.3, 0.4) is 0 Å². The highest BCUT2D eigenvalue weighted by molar-refractivity contribution is 7.17. The van der Waals surface area contributed by atoms with E-state index < -0.39 is 5.97 Å². The van der Waals surface area contributed by atoms with Gasteiger partial charge in [0.2, 0.25) is 0 Å². The highest BCUT2D eigenvalue weighted by Gasteiger charge is 2.10. The van der Waals surface area contributed by atoms with Crippen molar-refractivity contribution in [1.82, 2.24) is 9.38 Å². The third kappa shape index (κ3) is 2.37. The van der Waals surface area contributed by atoms with Crippen LogP contribution in [0, 0.1) is 0 Å². The van der Waals surface area contributed by atoms with Gasteiger partial charge in [0.1, 0.15) is 5.75 Å². The summed E-state index contributed by atoms with van der Waals surface area (Å²) in [5.74, 6) is -0.0482. The maximum atomic E-state index is 10.7. The number of aromatic nitrogens is 2. The summed E-state index contributed by atoms with van der Waals surface area (Å²) in [6.45, 7) is 0. The second-order valence-electron chi connectivity index (χ2n) is 4.32. The van der Waals surface area contributed by atoms with Crippen molar-refractivity contribution < 1.29 is 14.6 Å². The molecule has 5 nitrogen and oxygen atoms in total. The number of carboxylic acid groups (broad SMARTS) is 1. The third-order valence-electron chi connectivity index (χ3n) is 2.89. The van der Waals surface area contributed by atoms with E-state index in [9.17, 15) is 4.79 Å². The molecule has 0 spiro atoms. The Morgan fingerprint density at radius 3 is 3.00 bits per heavy atom. The fraction of sp³-hybridized carbons (Fsp3) is 0.143. The van der Waals surface area contributed by atoms with E-state index in [1.165, 1.54) is 11.3 Å². The van der Waals surface area contributed by atoms with E-state index in [0.29, 0.717) is 0 Å². The molecule has 3 rings (SSSR count). The Morgan fingerprint density at radius 2 is 2.30 bits per heavy atom. The predicted octanol–water partition coefficient (Wildman–Crippen LogP) is 2.70. The molecule has 2 aromatic heterocycles. The van der Waals surface area contributed by atoms with Gasteiger partial charge in [-0.1, -0.05) is 12.1 Å². The third-order valence-corrected chi connectivity index (χ3v) is 3.89. The van der Waals surface area contributed by atoms with Crippen LogP contribution in [0.2, 0.25) is 0 Å². The van der Waals surface area contributed by atoms with E-state index in [-0.39, 0.29) is 6.42 Å². The van der Waals surface area contributed by atoms with Gasteiger partial charge in [-0.05, 0) is 12.1 Å². The molecule has 3 aromatic rings. The lowest BCUT2D eigenvalue weighted by Gasteiger charge is -2.01. The number of rotatable bonds is 4. The number of carbonyl (C=O) groups is 1. The SMILES string of the molecule is COc1cccc(-c2cn3cc(CC(=O)O)sc3n2)c1. The molecule has 0 amide bonds. The monoisotopic (exact) mass is 288 g/mol. The molecule has 0 aliphatic rings. The van der Waals surface area contributed by atoms with Crippen LogP contribution in [0.1, 0.15) is 4.88 Å². The summed E-state index contributed by atoms with van der Waals surface area (Å²) in [4.78, 5) is 16.8. The van der Waals surface area contributed by atoms with Crippen LogP contribution in [0.4, 0.5) is 0 Å². The predicted molar refractivity (Wildman–Crippen MR) is 76.4 cm³/mol. The summed E-state index contributed by atoms with van der Waals surface area (Å²) in [7, 11) is 1.63. The van der Waals surface area contributed by atoms with Gasteiger partial charge < -0.3 is 9.84 Å². The zero-order valence-corrected chi connectivity index (χ0v) is 11.6. The van der Waals surface area contributed by atoms with Crippen LogP contribution >= 0.6 is 11.3 Å². The molecule has 2 heterocycles. The molecule has 1 aromatic carbocycles. The number of hydrogen-bond donors (Lipinski definition) is 1. The number of benzene rings is 1. The lowest BCUT2D eigenvalue weighted by molar-refractivity contribution is -0.136. The number of ether oxygens (including phenoxy) is 1. The highest BCUT2D eigenvalue weighted by atomic mass is 32.1. The average molecular weight is 288 g/mol. The van der Waals surface area contributed by atoms with Gasteiger partial charge in [-0.3, -0.25) is 9.20 Å². The van der Waals surface area contributed by atoms with Crippen LogP contribution in [-0.4, -0.2) is 27.6 Å². The van der Waals surface area contributed by atoms with Crippen LogP contribution in [0.15, 0.2) is 36.7 Å². The van der Waals surface area contributed by atoms with Crippen LogP contribution in [0.5, 0.6) is 5.75 Å². The minimum Gasteiger partial charge on any atom is -0.497 e. The van der Waals surface area contributed by atoms with Crippen molar-refractivity contribution in [1.29, 1.82) is 0 Å². The van der Waals surface area contributed by atoms with E-state index in [0.717, 1.165) is 26.8 Å². The van der Waals surface area contributed by atoms with Crippen molar-refractivity contribution >= 4 is 22.3 Å². The molecule has 0 unspecified atom stereocenters. The van der Waals surface area contributed by atoms with E-state index in [4.69, 9.17) is 9.84 Å². The Labute approximate surface area is 119 Å². The van der Waals surface area contributed by atoms with E-state index in [1.54, 1.807) is 7.11 Å². The molecule has 102 valence electrons. The molecular formula is C14H12N2O3S. The number of methoxy groups -OCH3 is 1. The molecule has 0 aliphatic carbocycles. The second kappa shape index (κ2) is 4.97. The Bertz CT molecular complexity index is 744. The highest BCUT2D eigenvalue weighted by Crippen LogP contribution is 2.26. The number of nitrogens with zero attached hydrogens (tertiary/aromatic N) is 2. The molecule has 0 radical (unpaired) electrons. The van der Waals surface area contributed by atoms with Gasteiger partial charge in [-0.2, -0.15) is 0 Å².